The van der Waals surface area contributed by atoms with Crippen LogP contribution in [0.5, 0.6) is 0 Å². The summed E-state index contributed by atoms with van der Waals surface area (Å²) < 4.78 is 0. The lowest BCUT2D eigenvalue weighted by atomic mass is 9.86. The molecular weight excluding hydrogens is 242 g/mol. The summed E-state index contributed by atoms with van der Waals surface area (Å²) in [7, 11) is 0. The van der Waals surface area contributed by atoms with Crippen molar-refractivity contribution >= 4 is 0 Å². The summed E-state index contributed by atoms with van der Waals surface area (Å²) in [5.41, 5.74) is 1.56. The van der Waals surface area contributed by atoms with Gasteiger partial charge in [0, 0.05) is 6.04 Å². The van der Waals surface area contributed by atoms with Crippen molar-refractivity contribution in [3.63, 3.8) is 0 Å². The third kappa shape index (κ3) is 2.93. The highest BCUT2D eigenvalue weighted by Crippen LogP contribution is 2.53. The van der Waals surface area contributed by atoms with Crippen LogP contribution in [-0.4, -0.2) is 12.6 Å². The monoisotopic (exact) mass is 271 g/mol. The largest absolute Gasteiger partial charge is 0.313 e. The van der Waals surface area contributed by atoms with Gasteiger partial charge in [-0.2, -0.15) is 0 Å². The summed E-state index contributed by atoms with van der Waals surface area (Å²) in [5, 5.41) is 3.90. The van der Waals surface area contributed by atoms with Crippen molar-refractivity contribution in [3.8, 4) is 0 Å². The summed E-state index contributed by atoms with van der Waals surface area (Å²) in [6.45, 7) is 5.94. The van der Waals surface area contributed by atoms with Gasteiger partial charge in [0.15, 0.2) is 0 Å². The molecule has 0 aromatic heterocycles. The fourth-order valence-corrected chi connectivity index (χ4v) is 4.33. The second-order valence-electron chi connectivity index (χ2n) is 6.97. The van der Waals surface area contributed by atoms with Gasteiger partial charge in [0.1, 0.15) is 0 Å². The van der Waals surface area contributed by atoms with Crippen LogP contribution in [-0.2, 0) is 0 Å². The van der Waals surface area contributed by atoms with Gasteiger partial charge in [0.2, 0.25) is 0 Å². The molecule has 5 atom stereocenters. The molecular formula is C19H29N. The molecule has 0 spiro atoms. The first-order valence-corrected chi connectivity index (χ1v) is 8.59. The number of hydrogen-bond donors (Lipinski definition) is 1. The highest BCUT2D eigenvalue weighted by atomic mass is 14.9. The van der Waals surface area contributed by atoms with E-state index in [1.54, 1.807) is 5.56 Å². The van der Waals surface area contributed by atoms with Crippen LogP contribution in [0, 0.1) is 17.8 Å². The van der Waals surface area contributed by atoms with E-state index in [1.807, 2.05) is 0 Å². The van der Waals surface area contributed by atoms with E-state index < -0.39 is 0 Å². The van der Waals surface area contributed by atoms with Gasteiger partial charge < -0.3 is 5.32 Å². The first kappa shape index (κ1) is 14.1. The van der Waals surface area contributed by atoms with Crippen molar-refractivity contribution in [2.24, 2.45) is 17.8 Å². The van der Waals surface area contributed by atoms with Gasteiger partial charge in [-0.3, -0.25) is 0 Å². The predicted octanol–water partition coefficient (Wildman–Crippen LogP) is 4.59. The molecule has 0 aliphatic heterocycles. The predicted molar refractivity (Wildman–Crippen MR) is 85.9 cm³/mol. The van der Waals surface area contributed by atoms with Gasteiger partial charge in [-0.1, -0.05) is 57.0 Å². The molecule has 0 saturated heterocycles. The minimum absolute atomic E-state index is 0.762. The Morgan fingerprint density at radius 2 is 1.95 bits per heavy atom. The smallest absolute Gasteiger partial charge is 0.0132 e. The third-order valence-electron chi connectivity index (χ3n) is 5.55. The summed E-state index contributed by atoms with van der Waals surface area (Å²) in [5.74, 6) is 3.54. The number of benzene rings is 1. The average Bonchev–Trinajstić information content (AvgIpc) is 3.16. The molecule has 1 aromatic rings. The van der Waals surface area contributed by atoms with Crippen molar-refractivity contribution in [1.82, 2.24) is 5.32 Å². The Labute approximate surface area is 124 Å². The van der Waals surface area contributed by atoms with Crippen molar-refractivity contribution in [1.29, 1.82) is 0 Å². The molecule has 2 saturated carbocycles. The highest BCUT2D eigenvalue weighted by molar-refractivity contribution is 5.27. The molecule has 3 rings (SSSR count). The van der Waals surface area contributed by atoms with Crippen molar-refractivity contribution in [2.45, 2.75) is 57.9 Å². The van der Waals surface area contributed by atoms with Crippen LogP contribution >= 0.6 is 0 Å². The van der Waals surface area contributed by atoms with E-state index in [9.17, 15) is 0 Å². The Morgan fingerprint density at radius 1 is 1.15 bits per heavy atom. The standard InChI is InChI=1S/C19H29N/c1-3-12-20-19(16-11-7-8-14(16)2)18-13-17(18)15-9-5-4-6-10-15/h4-6,9-10,14,16-20H,3,7-8,11-13H2,1-2H3. The molecule has 110 valence electrons. The van der Waals surface area contributed by atoms with Crippen LogP contribution in [0.15, 0.2) is 30.3 Å². The molecule has 20 heavy (non-hydrogen) atoms. The van der Waals surface area contributed by atoms with Crippen LogP contribution < -0.4 is 5.32 Å². The number of hydrogen-bond acceptors (Lipinski definition) is 1. The Morgan fingerprint density at radius 3 is 2.60 bits per heavy atom. The van der Waals surface area contributed by atoms with Gasteiger partial charge in [-0.15, -0.1) is 0 Å². The summed E-state index contributed by atoms with van der Waals surface area (Å²) in [4.78, 5) is 0. The van der Waals surface area contributed by atoms with Crippen LogP contribution in [0.4, 0.5) is 0 Å². The minimum Gasteiger partial charge on any atom is -0.313 e. The molecule has 1 heteroatoms. The zero-order chi connectivity index (χ0) is 13.9. The number of nitrogens with one attached hydrogen (secondary N) is 1. The highest BCUT2D eigenvalue weighted by Gasteiger charge is 2.47. The summed E-state index contributed by atoms with van der Waals surface area (Å²) in [6.07, 6.45) is 6.98. The van der Waals surface area contributed by atoms with Gasteiger partial charge in [0.05, 0.1) is 0 Å². The zero-order valence-corrected chi connectivity index (χ0v) is 13.0. The maximum atomic E-state index is 3.90. The van der Waals surface area contributed by atoms with Crippen molar-refractivity contribution < 1.29 is 0 Å². The Kier molecular flexibility index (Phi) is 4.45. The van der Waals surface area contributed by atoms with Gasteiger partial charge in [-0.25, -0.2) is 0 Å². The molecule has 0 amide bonds. The van der Waals surface area contributed by atoms with Crippen molar-refractivity contribution in [2.75, 3.05) is 6.54 Å². The fourth-order valence-electron chi connectivity index (χ4n) is 4.33. The summed E-state index contributed by atoms with van der Waals surface area (Å²) in [6, 6.07) is 11.9. The topological polar surface area (TPSA) is 12.0 Å². The van der Waals surface area contributed by atoms with E-state index in [1.165, 1.54) is 38.6 Å². The lowest BCUT2D eigenvalue weighted by molar-refractivity contribution is 0.269. The minimum atomic E-state index is 0.762. The molecule has 0 bridgehead atoms. The lowest BCUT2D eigenvalue weighted by Gasteiger charge is -2.28. The maximum Gasteiger partial charge on any atom is 0.0132 e. The Balaban J connectivity index is 1.68. The molecule has 2 aliphatic carbocycles. The van der Waals surface area contributed by atoms with Crippen LogP contribution in [0.2, 0.25) is 0 Å². The number of rotatable bonds is 6. The molecule has 1 aromatic carbocycles. The van der Waals surface area contributed by atoms with Crippen molar-refractivity contribution in [3.05, 3.63) is 35.9 Å². The molecule has 1 nitrogen and oxygen atoms in total. The van der Waals surface area contributed by atoms with E-state index in [4.69, 9.17) is 0 Å². The second-order valence-corrected chi connectivity index (χ2v) is 6.97. The Hall–Kier alpha value is -0.820. The quantitative estimate of drug-likeness (QED) is 0.797. The molecule has 2 aliphatic rings. The molecule has 1 N–H and O–H groups in total. The maximum absolute atomic E-state index is 3.90. The SMILES string of the molecule is CCCNC(C1CCCC1C)C1CC1c1ccccc1. The normalized spacial score (nSPS) is 34.1. The molecule has 2 fully saturated rings. The molecule has 0 radical (unpaired) electrons. The lowest BCUT2D eigenvalue weighted by Crippen LogP contribution is -2.40. The van der Waals surface area contributed by atoms with E-state index in [0.29, 0.717) is 0 Å². The molecule has 5 unspecified atom stereocenters. The third-order valence-corrected chi connectivity index (χ3v) is 5.55. The Bertz CT molecular complexity index is 413. The van der Waals surface area contributed by atoms with Gasteiger partial charge in [0.25, 0.3) is 0 Å². The second kappa shape index (κ2) is 6.30. The van der Waals surface area contributed by atoms with Crippen LogP contribution in [0.3, 0.4) is 0 Å². The van der Waals surface area contributed by atoms with Crippen LogP contribution in [0.25, 0.3) is 0 Å². The van der Waals surface area contributed by atoms with E-state index in [-0.39, 0.29) is 0 Å². The van der Waals surface area contributed by atoms with Gasteiger partial charge in [-0.05, 0) is 55.0 Å². The van der Waals surface area contributed by atoms with E-state index in [2.05, 4.69) is 49.5 Å². The first-order chi connectivity index (χ1) is 9.81. The van der Waals surface area contributed by atoms with Gasteiger partial charge >= 0.3 is 0 Å². The first-order valence-electron chi connectivity index (χ1n) is 8.59. The van der Waals surface area contributed by atoms with E-state index in [0.717, 1.165) is 29.7 Å². The summed E-state index contributed by atoms with van der Waals surface area (Å²) >= 11 is 0. The fraction of sp³-hybridized carbons (Fsp3) is 0.684. The molecule has 0 heterocycles. The zero-order valence-electron chi connectivity index (χ0n) is 13.0. The average molecular weight is 271 g/mol. The van der Waals surface area contributed by atoms with E-state index >= 15 is 0 Å². The van der Waals surface area contributed by atoms with Crippen LogP contribution in [0.1, 0.15) is 57.4 Å².